The van der Waals surface area contributed by atoms with Gasteiger partial charge in [-0.05, 0) is 56.8 Å². The van der Waals surface area contributed by atoms with Crippen molar-refractivity contribution >= 4 is 0 Å². The average molecular weight is 294 g/mol. The van der Waals surface area contributed by atoms with Crippen LogP contribution in [0.5, 0.6) is 0 Å². The summed E-state index contributed by atoms with van der Waals surface area (Å²) in [6, 6.07) is 2.32. The molecule has 2 saturated carbocycles. The first-order valence-electron chi connectivity index (χ1n) is 9.37. The fourth-order valence-corrected chi connectivity index (χ4v) is 4.84. The van der Waals surface area contributed by atoms with Crippen LogP contribution in [0.2, 0.25) is 0 Å². The third-order valence-electron chi connectivity index (χ3n) is 6.21. The van der Waals surface area contributed by atoms with Gasteiger partial charge in [-0.2, -0.15) is 0 Å². The molecule has 1 heterocycles. The summed E-state index contributed by atoms with van der Waals surface area (Å²) in [6.07, 6.45) is 12.0. The Morgan fingerprint density at radius 1 is 1.05 bits per heavy atom. The van der Waals surface area contributed by atoms with Crippen molar-refractivity contribution in [3.8, 4) is 0 Å². The predicted molar refractivity (Wildman–Crippen MR) is 87.4 cm³/mol. The number of hydrogen-bond acceptors (Lipinski definition) is 3. The SMILES string of the molecule is CC1CCC1N1CC(CCCO)CC(NC2CCCC2)C1. The number of likely N-dealkylation sites (tertiary alicyclic amines) is 1. The summed E-state index contributed by atoms with van der Waals surface area (Å²) in [5, 5.41) is 13.1. The van der Waals surface area contributed by atoms with Crippen LogP contribution in [0.4, 0.5) is 0 Å². The highest BCUT2D eigenvalue weighted by molar-refractivity contribution is 4.94. The quantitative estimate of drug-likeness (QED) is 0.791. The fourth-order valence-electron chi connectivity index (χ4n) is 4.84. The molecular formula is C18H34N2O. The fraction of sp³-hybridized carbons (Fsp3) is 1.00. The number of piperidine rings is 1. The van der Waals surface area contributed by atoms with Crippen molar-refractivity contribution < 1.29 is 5.11 Å². The molecule has 3 nitrogen and oxygen atoms in total. The molecule has 1 aliphatic heterocycles. The lowest BCUT2D eigenvalue weighted by Gasteiger charge is -2.49. The lowest BCUT2D eigenvalue weighted by atomic mass is 9.77. The highest BCUT2D eigenvalue weighted by atomic mass is 16.2. The minimum absolute atomic E-state index is 0.358. The van der Waals surface area contributed by atoms with E-state index in [4.69, 9.17) is 5.11 Å². The summed E-state index contributed by atoms with van der Waals surface area (Å²) in [4.78, 5) is 2.78. The Kier molecular flexibility index (Phi) is 5.58. The third-order valence-corrected chi connectivity index (χ3v) is 6.21. The van der Waals surface area contributed by atoms with E-state index in [0.717, 1.165) is 30.3 Å². The van der Waals surface area contributed by atoms with Crippen molar-refractivity contribution in [3.05, 3.63) is 0 Å². The lowest BCUT2D eigenvalue weighted by Crippen LogP contribution is -2.57. The van der Waals surface area contributed by atoms with E-state index in [0.29, 0.717) is 12.6 Å². The summed E-state index contributed by atoms with van der Waals surface area (Å²) in [5.41, 5.74) is 0. The number of aliphatic hydroxyl groups is 1. The number of nitrogens with one attached hydrogen (secondary N) is 1. The summed E-state index contributed by atoms with van der Waals surface area (Å²) in [6.45, 7) is 5.32. The summed E-state index contributed by atoms with van der Waals surface area (Å²) in [5.74, 6) is 1.69. The molecule has 0 aromatic carbocycles. The topological polar surface area (TPSA) is 35.5 Å². The molecule has 2 N–H and O–H groups in total. The van der Waals surface area contributed by atoms with E-state index in [1.54, 1.807) is 0 Å². The van der Waals surface area contributed by atoms with Gasteiger partial charge in [0.2, 0.25) is 0 Å². The summed E-state index contributed by atoms with van der Waals surface area (Å²) in [7, 11) is 0. The first kappa shape index (κ1) is 15.8. The Morgan fingerprint density at radius 3 is 2.48 bits per heavy atom. The zero-order chi connectivity index (χ0) is 14.7. The van der Waals surface area contributed by atoms with Gasteiger partial charge < -0.3 is 10.4 Å². The van der Waals surface area contributed by atoms with E-state index >= 15 is 0 Å². The van der Waals surface area contributed by atoms with Crippen LogP contribution in [0.1, 0.15) is 64.7 Å². The Balaban J connectivity index is 1.56. The maximum Gasteiger partial charge on any atom is 0.0431 e. The zero-order valence-corrected chi connectivity index (χ0v) is 13.8. The van der Waals surface area contributed by atoms with Gasteiger partial charge in [0.15, 0.2) is 0 Å². The number of hydrogen-bond donors (Lipinski definition) is 2. The van der Waals surface area contributed by atoms with Crippen LogP contribution in [0.15, 0.2) is 0 Å². The number of rotatable bonds is 6. The second-order valence-electron chi connectivity index (χ2n) is 7.89. The molecule has 3 aliphatic rings. The van der Waals surface area contributed by atoms with Gasteiger partial charge in [0.1, 0.15) is 0 Å². The maximum atomic E-state index is 9.14. The third kappa shape index (κ3) is 4.00. The van der Waals surface area contributed by atoms with Gasteiger partial charge >= 0.3 is 0 Å². The van der Waals surface area contributed by atoms with Gasteiger partial charge in [0, 0.05) is 37.8 Å². The lowest BCUT2D eigenvalue weighted by molar-refractivity contribution is 0.0182. The first-order chi connectivity index (χ1) is 10.3. The Hall–Kier alpha value is -0.120. The molecule has 0 aromatic rings. The molecule has 0 spiro atoms. The van der Waals surface area contributed by atoms with Gasteiger partial charge in [0.05, 0.1) is 0 Å². The van der Waals surface area contributed by atoms with Crippen LogP contribution < -0.4 is 5.32 Å². The second kappa shape index (κ2) is 7.43. The number of nitrogens with zero attached hydrogens (tertiary/aromatic N) is 1. The van der Waals surface area contributed by atoms with E-state index in [-0.39, 0.29) is 0 Å². The Bertz CT molecular complexity index is 316. The van der Waals surface area contributed by atoms with Crippen LogP contribution in [-0.4, -0.2) is 47.8 Å². The van der Waals surface area contributed by atoms with E-state index in [2.05, 4.69) is 17.1 Å². The van der Waals surface area contributed by atoms with E-state index in [1.165, 1.54) is 64.5 Å². The van der Waals surface area contributed by atoms with Crippen LogP contribution in [0.25, 0.3) is 0 Å². The molecule has 2 aliphatic carbocycles. The van der Waals surface area contributed by atoms with Crippen LogP contribution >= 0.6 is 0 Å². The standard InChI is InChI=1S/C18H34N2O/c1-14-8-9-18(14)20-12-15(5-4-10-21)11-17(13-20)19-16-6-2-3-7-16/h14-19,21H,2-13H2,1H3. The van der Waals surface area contributed by atoms with E-state index in [1.807, 2.05) is 0 Å². The molecule has 0 radical (unpaired) electrons. The Labute approximate surface area is 130 Å². The molecule has 3 fully saturated rings. The maximum absolute atomic E-state index is 9.14. The molecule has 0 aromatic heterocycles. The molecule has 4 unspecified atom stereocenters. The van der Waals surface area contributed by atoms with Crippen molar-refractivity contribution in [2.75, 3.05) is 19.7 Å². The summed E-state index contributed by atoms with van der Waals surface area (Å²) >= 11 is 0. The van der Waals surface area contributed by atoms with Crippen LogP contribution in [0, 0.1) is 11.8 Å². The van der Waals surface area contributed by atoms with Crippen LogP contribution in [-0.2, 0) is 0 Å². The van der Waals surface area contributed by atoms with Crippen molar-refractivity contribution in [1.29, 1.82) is 0 Å². The minimum Gasteiger partial charge on any atom is -0.396 e. The molecular weight excluding hydrogens is 260 g/mol. The largest absolute Gasteiger partial charge is 0.396 e. The first-order valence-corrected chi connectivity index (χ1v) is 9.37. The van der Waals surface area contributed by atoms with Crippen LogP contribution in [0.3, 0.4) is 0 Å². The van der Waals surface area contributed by atoms with Crippen molar-refractivity contribution in [2.45, 2.75) is 82.8 Å². The molecule has 122 valence electrons. The van der Waals surface area contributed by atoms with E-state index in [9.17, 15) is 0 Å². The highest BCUT2D eigenvalue weighted by Gasteiger charge is 2.37. The zero-order valence-electron chi connectivity index (χ0n) is 13.8. The van der Waals surface area contributed by atoms with Gasteiger partial charge in [-0.25, -0.2) is 0 Å². The van der Waals surface area contributed by atoms with E-state index < -0.39 is 0 Å². The smallest absolute Gasteiger partial charge is 0.0431 e. The monoisotopic (exact) mass is 294 g/mol. The normalized spacial score (nSPS) is 38.6. The summed E-state index contributed by atoms with van der Waals surface area (Å²) < 4.78 is 0. The predicted octanol–water partition coefficient (Wildman–Crippen LogP) is 2.78. The average Bonchev–Trinajstić information content (AvgIpc) is 2.96. The van der Waals surface area contributed by atoms with Crippen molar-refractivity contribution in [1.82, 2.24) is 10.2 Å². The van der Waals surface area contributed by atoms with Gasteiger partial charge in [-0.3, -0.25) is 4.90 Å². The van der Waals surface area contributed by atoms with Gasteiger partial charge in [0.25, 0.3) is 0 Å². The molecule has 0 bridgehead atoms. The molecule has 3 rings (SSSR count). The molecule has 3 heteroatoms. The van der Waals surface area contributed by atoms with Gasteiger partial charge in [-0.15, -0.1) is 0 Å². The molecule has 21 heavy (non-hydrogen) atoms. The van der Waals surface area contributed by atoms with Crippen molar-refractivity contribution in [3.63, 3.8) is 0 Å². The van der Waals surface area contributed by atoms with Gasteiger partial charge in [-0.1, -0.05) is 19.8 Å². The second-order valence-corrected chi connectivity index (χ2v) is 7.89. The number of aliphatic hydroxyl groups excluding tert-OH is 1. The minimum atomic E-state index is 0.358. The Morgan fingerprint density at radius 2 is 1.86 bits per heavy atom. The highest BCUT2D eigenvalue weighted by Crippen LogP contribution is 2.35. The molecule has 1 saturated heterocycles. The molecule has 4 atom stereocenters. The van der Waals surface area contributed by atoms with Crippen molar-refractivity contribution in [2.24, 2.45) is 11.8 Å². The molecule has 0 amide bonds.